The summed E-state index contributed by atoms with van der Waals surface area (Å²) in [6, 6.07) is 8.70. The Morgan fingerprint density at radius 1 is 1.40 bits per heavy atom. The number of hydrogen-bond acceptors (Lipinski definition) is 2. The van der Waals surface area contributed by atoms with Gasteiger partial charge in [-0.15, -0.1) is 11.3 Å². The summed E-state index contributed by atoms with van der Waals surface area (Å²) in [7, 11) is 0. The molecule has 0 amide bonds. The third-order valence-corrected chi connectivity index (χ3v) is 4.33. The van der Waals surface area contributed by atoms with Crippen LogP contribution in [0.5, 0.6) is 0 Å². The van der Waals surface area contributed by atoms with Crippen LogP contribution in [0.25, 0.3) is 0 Å². The molecule has 1 unspecified atom stereocenters. The van der Waals surface area contributed by atoms with Crippen molar-refractivity contribution in [2.45, 2.75) is 25.7 Å². The molecule has 0 saturated heterocycles. The van der Waals surface area contributed by atoms with Gasteiger partial charge < -0.3 is 0 Å². The molecule has 1 aromatic carbocycles. The van der Waals surface area contributed by atoms with E-state index in [2.05, 4.69) is 36.2 Å². The van der Waals surface area contributed by atoms with Gasteiger partial charge in [-0.1, -0.05) is 31.2 Å². The van der Waals surface area contributed by atoms with Gasteiger partial charge in [0, 0.05) is 17.0 Å². The molecule has 1 aromatic heterocycles. The van der Waals surface area contributed by atoms with E-state index in [1.807, 2.05) is 17.5 Å². The fourth-order valence-electron chi connectivity index (χ4n) is 2.13. The van der Waals surface area contributed by atoms with Gasteiger partial charge in [-0.2, -0.15) is 0 Å². The molecular weight excluding hydrogens is 202 g/mol. The number of thiazole rings is 1. The van der Waals surface area contributed by atoms with Crippen molar-refractivity contribution in [3.8, 4) is 0 Å². The van der Waals surface area contributed by atoms with E-state index in [9.17, 15) is 0 Å². The van der Waals surface area contributed by atoms with Gasteiger partial charge >= 0.3 is 0 Å². The van der Waals surface area contributed by atoms with Crippen LogP contribution >= 0.6 is 11.3 Å². The molecule has 0 radical (unpaired) electrons. The van der Waals surface area contributed by atoms with Gasteiger partial charge in [0.15, 0.2) is 0 Å². The predicted molar refractivity (Wildman–Crippen MR) is 63.5 cm³/mol. The quantitative estimate of drug-likeness (QED) is 0.748. The van der Waals surface area contributed by atoms with E-state index >= 15 is 0 Å². The lowest BCUT2D eigenvalue weighted by Crippen LogP contribution is -2.17. The highest BCUT2D eigenvalue weighted by Crippen LogP contribution is 2.41. The molecule has 1 heterocycles. The first-order valence-electron chi connectivity index (χ1n) is 5.41. The van der Waals surface area contributed by atoms with Crippen molar-refractivity contribution in [3.05, 3.63) is 51.5 Å². The average molecular weight is 215 g/mol. The third kappa shape index (κ3) is 1.40. The Bertz CT molecular complexity index is 487. The molecule has 15 heavy (non-hydrogen) atoms. The zero-order valence-electron chi connectivity index (χ0n) is 8.73. The molecule has 76 valence electrons. The van der Waals surface area contributed by atoms with Gasteiger partial charge in [0.2, 0.25) is 0 Å². The van der Waals surface area contributed by atoms with E-state index in [1.54, 1.807) is 0 Å². The van der Waals surface area contributed by atoms with Crippen LogP contribution in [0.15, 0.2) is 30.5 Å². The Labute approximate surface area is 93.8 Å². The second kappa shape index (κ2) is 3.46. The molecule has 0 N–H and O–H groups in total. The Morgan fingerprint density at radius 3 is 3.00 bits per heavy atom. The minimum atomic E-state index is 0.575. The van der Waals surface area contributed by atoms with Crippen molar-refractivity contribution in [2.24, 2.45) is 0 Å². The van der Waals surface area contributed by atoms with Crippen molar-refractivity contribution in [2.75, 3.05) is 0 Å². The molecule has 1 aliphatic carbocycles. The highest BCUT2D eigenvalue weighted by atomic mass is 32.1. The van der Waals surface area contributed by atoms with Crippen molar-refractivity contribution < 1.29 is 0 Å². The highest BCUT2D eigenvalue weighted by molar-refractivity contribution is 7.11. The van der Waals surface area contributed by atoms with Crippen LogP contribution in [0.1, 0.15) is 33.9 Å². The Balaban J connectivity index is 1.93. The van der Waals surface area contributed by atoms with E-state index in [0.29, 0.717) is 5.92 Å². The number of benzene rings is 1. The van der Waals surface area contributed by atoms with Crippen LogP contribution in [0.2, 0.25) is 0 Å². The zero-order valence-corrected chi connectivity index (χ0v) is 9.55. The SMILES string of the molecule is CCc1cnc(C2Cc3ccccc32)s1. The van der Waals surface area contributed by atoms with Gasteiger partial charge in [0.05, 0.1) is 0 Å². The summed E-state index contributed by atoms with van der Waals surface area (Å²) >= 11 is 1.87. The molecule has 0 spiro atoms. The Kier molecular flexibility index (Phi) is 2.10. The fraction of sp³-hybridized carbons (Fsp3) is 0.308. The lowest BCUT2D eigenvalue weighted by Gasteiger charge is -2.28. The first kappa shape index (κ1) is 9.10. The summed E-state index contributed by atoms with van der Waals surface area (Å²) < 4.78 is 0. The lowest BCUT2D eigenvalue weighted by molar-refractivity contribution is 0.702. The van der Waals surface area contributed by atoms with Crippen LogP contribution in [0.4, 0.5) is 0 Å². The number of aromatic nitrogens is 1. The van der Waals surface area contributed by atoms with E-state index in [-0.39, 0.29) is 0 Å². The smallest absolute Gasteiger partial charge is 0.101 e. The Hall–Kier alpha value is -1.15. The predicted octanol–water partition coefficient (Wildman–Crippen LogP) is 3.39. The van der Waals surface area contributed by atoms with Gasteiger partial charge in [0.25, 0.3) is 0 Å². The summed E-state index contributed by atoms with van der Waals surface area (Å²) in [5, 5.41) is 1.30. The number of rotatable bonds is 2. The second-order valence-corrected chi connectivity index (χ2v) is 5.12. The van der Waals surface area contributed by atoms with Gasteiger partial charge in [-0.3, -0.25) is 0 Å². The number of aryl methyl sites for hydroxylation is 1. The van der Waals surface area contributed by atoms with Crippen LogP contribution < -0.4 is 0 Å². The minimum absolute atomic E-state index is 0.575. The average Bonchev–Trinajstić information content (AvgIpc) is 2.68. The lowest BCUT2D eigenvalue weighted by atomic mass is 9.78. The third-order valence-electron chi connectivity index (χ3n) is 3.07. The van der Waals surface area contributed by atoms with Crippen molar-refractivity contribution in [1.29, 1.82) is 0 Å². The number of fused-ring (bicyclic) bond motifs is 1. The molecule has 1 atom stereocenters. The molecule has 3 rings (SSSR count). The molecule has 0 fully saturated rings. The van der Waals surface area contributed by atoms with Gasteiger partial charge in [-0.05, 0) is 24.0 Å². The standard InChI is InChI=1S/C13H13NS/c1-2-10-8-14-13(15-10)12-7-9-5-3-4-6-11(9)12/h3-6,8,12H,2,7H2,1H3. The number of nitrogens with zero attached hydrogens (tertiary/aromatic N) is 1. The Morgan fingerprint density at radius 2 is 2.27 bits per heavy atom. The molecule has 0 aliphatic heterocycles. The maximum Gasteiger partial charge on any atom is 0.101 e. The fourth-order valence-corrected chi connectivity index (χ4v) is 3.10. The number of hydrogen-bond donors (Lipinski definition) is 0. The van der Waals surface area contributed by atoms with E-state index in [1.165, 1.54) is 27.4 Å². The summed E-state index contributed by atoms with van der Waals surface area (Å²) in [5.74, 6) is 0.575. The normalized spacial score (nSPS) is 18.3. The minimum Gasteiger partial charge on any atom is -0.249 e. The summed E-state index contributed by atoms with van der Waals surface area (Å²) in [6.45, 7) is 2.19. The largest absolute Gasteiger partial charge is 0.249 e. The molecule has 1 nitrogen and oxygen atoms in total. The van der Waals surface area contributed by atoms with Crippen LogP contribution in [-0.4, -0.2) is 4.98 Å². The zero-order chi connectivity index (χ0) is 10.3. The van der Waals surface area contributed by atoms with Crippen molar-refractivity contribution >= 4 is 11.3 Å². The van der Waals surface area contributed by atoms with Gasteiger partial charge in [0.1, 0.15) is 5.01 Å². The second-order valence-electron chi connectivity index (χ2n) is 3.97. The molecule has 1 aliphatic rings. The summed E-state index contributed by atoms with van der Waals surface area (Å²) in [5.41, 5.74) is 2.98. The molecular formula is C13H13NS. The first-order valence-corrected chi connectivity index (χ1v) is 6.22. The van der Waals surface area contributed by atoms with E-state index in [0.717, 1.165) is 6.42 Å². The molecule has 0 bridgehead atoms. The van der Waals surface area contributed by atoms with Crippen LogP contribution in [-0.2, 0) is 12.8 Å². The maximum atomic E-state index is 4.53. The maximum absolute atomic E-state index is 4.53. The van der Waals surface area contributed by atoms with Crippen molar-refractivity contribution in [3.63, 3.8) is 0 Å². The molecule has 2 aromatic rings. The van der Waals surface area contributed by atoms with Crippen LogP contribution in [0.3, 0.4) is 0 Å². The monoisotopic (exact) mass is 215 g/mol. The first-order chi connectivity index (χ1) is 7.38. The summed E-state index contributed by atoms with van der Waals surface area (Å²) in [4.78, 5) is 5.92. The van der Waals surface area contributed by atoms with E-state index < -0.39 is 0 Å². The van der Waals surface area contributed by atoms with E-state index in [4.69, 9.17) is 0 Å². The summed E-state index contributed by atoms with van der Waals surface area (Å²) in [6.07, 6.45) is 4.31. The topological polar surface area (TPSA) is 12.9 Å². The van der Waals surface area contributed by atoms with Crippen LogP contribution in [0, 0.1) is 0 Å². The molecule has 0 saturated carbocycles. The molecule has 2 heteroatoms. The van der Waals surface area contributed by atoms with Gasteiger partial charge in [-0.25, -0.2) is 4.98 Å². The van der Waals surface area contributed by atoms with Crippen molar-refractivity contribution in [1.82, 2.24) is 4.98 Å². The highest BCUT2D eigenvalue weighted by Gasteiger charge is 2.28.